The molecular weight excluding hydrogens is 1360 g/mol. The molecule has 1 aliphatic carbocycles. The molecular formula is C68H119N15O19S. The van der Waals surface area contributed by atoms with Gasteiger partial charge in [0.15, 0.2) is 12.0 Å². The van der Waals surface area contributed by atoms with Crippen molar-refractivity contribution < 1.29 is 92.9 Å². The molecule has 0 radical (unpaired) electrons. The number of aliphatic hydroxyl groups is 6. The number of rotatable bonds is 38. The summed E-state index contributed by atoms with van der Waals surface area (Å²) in [6.07, 6.45) is -2.38. The number of nitrogens with one attached hydrogen (secondary N) is 9. The lowest BCUT2D eigenvalue weighted by atomic mass is 9.85. The zero-order valence-electron chi connectivity index (χ0n) is 60.6. The topological polar surface area (TPSA) is 554 Å². The van der Waals surface area contributed by atoms with E-state index in [0.717, 1.165) is 54.4 Å². The second-order valence-corrected chi connectivity index (χ2v) is 29.2. The van der Waals surface area contributed by atoms with E-state index in [2.05, 4.69) is 68.6 Å². The van der Waals surface area contributed by atoms with Crippen LogP contribution < -0.4 is 70.8 Å². The third-order valence-corrected chi connectivity index (χ3v) is 19.8. The monoisotopic (exact) mass is 1480 g/mol. The Morgan fingerprint density at radius 3 is 2.01 bits per heavy atom. The highest BCUT2D eigenvalue weighted by molar-refractivity contribution is 7.98. The number of amides is 11. The molecule has 19 atom stereocenters. The van der Waals surface area contributed by atoms with E-state index in [0.29, 0.717) is 36.9 Å². The van der Waals surface area contributed by atoms with Gasteiger partial charge in [0.2, 0.25) is 65.0 Å². The lowest BCUT2D eigenvalue weighted by Crippen LogP contribution is -2.65. The summed E-state index contributed by atoms with van der Waals surface area (Å²) in [5.41, 5.74) is 23.9. The normalized spacial score (nSPS) is 25.9. The van der Waals surface area contributed by atoms with Gasteiger partial charge in [-0.3, -0.25) is 57.5 Å². The van der Waals surface area contributed by atoms with Gasteiger partial charge >= 0.3 is 0 Å². The number of allylic oxidation sites excluding steroid dienone is 1. The fourth-order valence-electron chi connectivity index (χ4n) is 13.0. The number of hydrogen-bond donors (Lipinski definition) is 19. The Morgan fingerprint density at radius 1 is 0.699 bits per heavy atom. The van der Waals surface area contributed by atoms with Crippen molar-refractivity contribution in [1.82, 2.24) is 57.7 Å². The predicted molar refractivity (Wildman–Crippen MR) is 380 cm³/mol. The zero-order chi connectivity index (χ0) is 76.6. The summed E-state index contributed by atoms with van der Waals surface area (Å²) in [7, 11) is 0. The second-order valence-electron chi connectivity index (χ2n) is 28.2. The van der Waals surface area contributed by atoms with E-state index in [-0.39, 0.29) is 69.9 Å². The first-order chi connectivity index (χ1) is 48.8. The van der Waals surface area contributed by atoms with E-state index in [4.69, 9.17) is 27.7 Å². The minimum absolute atomic E-state index is 0.0412. The van der Waals surface area contributed by atoms with Crippen LogP contribution >= 0.6 is 11.8 Å². The van der Waals surface area contributed by atoms with Crippen LogP contribution in [-0.2, 0) is 62.3 Å². The molecule has 11 amide bonds. The molecule has 23 N–H and O–H groups in total. The number of carbonyl (C=O) groups excluding carboxylic acids is 12. The Kier molecular flexibility index (Phi) is 39.5. The Morgan fingerprint density at radius 2 is 1.36 bits per heavy atom. The minimum Gasteiger partial charge on any atom is -0.391 e. The summed E-state index contributed by atoms with van der Waals surface area (Å²) in [5.74, 6) is -10.1. The average molecular weight is 1480 g/mol. The van der Waals surface area contributed by atoms with Crippen molar-refractivity contribution >= 4 is 82.5 Å². The van der Waals surface area contributed by atoms with Crippen molar-refractivity contribution in [1.29, 1.82) is 0 Å². The predicted octanol–water partition coefficient (Wildman–Crippen LogP) is -5.13. The molecule has 3 fully saturated rings. The summed E-state index contributed by atoms with van der Waals surface area (Å²) in [4.78, 5) is 169. The van der Waals surface area contributed by atoms with E-state index < -0.39 is 220 Å². The van der Waals surface area contributed by atoms with Gasteiger partial charge in [0.25, 0.3) is 0 Å². The number of carbonyl (C=O) groups is 12. The maximum atomic E-state index is 15.2. The molecule has 0 aromatic rings. The Balaban J connectivity index is 1.68. The molecule has 35 heteroatoms. The molecule has 0 spiro atoms. The van der Waals surface area contributed by atoms with Crippen molar-refractivity contribution in [2.75, 3.05) is 64.4 Å². The highest BCUT2D eigenvalue weighted by atomic mass is 32.2. The molecule has 3 aliphatic heterocycles. The van der Waals surface area contributed by atoms with Crippen molar-refractivity contribution in [3.63, 3.8) is 0 Å². The van der Waals surface area contributed by atoms with Crippen LogP contribution in [0.3, 0.4) is 0 Å². The SMILES string of the molecule is CCC(C)CC(C)CCCCCCCCC(=O)NC1CC(=O)NC(C(O)CN)C(=O)N2CC(O)CC2C(=O)NC(C(O)C(O)C2C=CC(=O)CC2)C(=O)NC(C(O)CCNC(=O)C(N)CNC(=O)CNC(=O)C(CC(C)C)NC(=O)C(N)CCSC)C(=O)N2CCCC2C(=O)NC(OCCN)C1O. The van der Waals surface area contributed by atoms with Crippen LogP contribution in [0.25, 0.3) is 0 Å². The molecule has 4 rings (SSSR count). The van der Waals surface area contributed by atoms with Gasteiger partial charge in [0, 0.05) is 70.9 Å². The van der Waals surface area contributed by atoms with Crippen LogP contribution in [0.15, 0.2) is 12.2 Å². The standard InChI is InChI=1S/C68H119N15O19S/c1-7-38(4)30-39(5)15-12-10-8-9-11-13-17-51(88)76-45-32-52(89)78-55(50(87)33-70)68(101)83-36-42(85)31-48(83)64(98)80-56(59(93)57(91)40-18-20-41(84)21-19-40)65(99)79-54(67(100)82-26-14-16-47(82)63(97)81-66(58(45)92)102-27-24-69)49(86)22-25-73-60(94)44(72)34-74-53(90)35-75-62(96)46(29-37(2)3)77-61(95)43(71)23-28-103-6/h18,20,37-40,42-50,54-59,66,85-87,91-93H,7-17,19,21-36,69-72H2,1-6H3,(H,73,94)(H,74,90)(H,75,96)(H,76,88)(H,77,95)(H,78,89)(H,79,99)(H,80,98)(H,81,97). The Hall–Kier alpha value is -6.51. The van der Waals surface area contributed by atoms with Gasteiger partial charge in [0.05, 0.1) is 49.7 Å². The number of nitrogens with two attached hydrogens (primary N) is 4. The van der Waals surface area contributed by atoms with Crippen molar-refractivity contribution in [3.8, 4) is 0 Å². The number of unbranched alkanes of at least 4 members (excludes halogenated alkanes) is 5. The van der Waals surface area contributed by atoms with Crippen LogP contribution in [0.1, 0.15) is 157 Å². The smallest absolute Gasteiger partial charge is 0.248 e. The van der Waals surface area contributed by atoms with Gasteiger partial charge in [0.1, 0.15) is 54.5 Å². The summed E-state index contributed by atoms with van der Waals surface area (Å²) in [6, 6.07) is -14.7. The summed E-state index contributed by atoms with van der Waals surface area (Å²) >= 11 is 1.50. The van der Waals surface area contributed by atoms with Crippen molar-refractivity contribution in [2.45, 2.75) is 254 Å². The van der Waals surface area contributed by atoms with E-state index in [1.54, 1.807) is 0 Å². The maximum Gasteiger partial charge on any atom is 0.248 e. The third-order valence-electron chi connectivity index (χ3n) is 19.2. The van der Waals surface area contributed by atoms with Gasteiger partial charge in [-0.15, -0.1) is 0 Å². The number of hydrogen-bond acceptors (Lipinski definition) is 24. The van der Waals surface area contributed by atoms with E-state index in [1.165, 1.54) is 24.3 Å². The Labute approximate surface area is 607 Å². The van der Waals surface area contributed by atoms with Crippen LogP contribution in [0.4, 0.5) is 0 Å². The van der Waals surface area contributed by atoms with Crippen LogP contribution in [-0.4, -0.2) is 273 Å². The number of thioether (sulfide) groups is 1. The first-order valence-corrected chi connectivity index (χ1v) is 37.8. The number of ketones is 1. The first kappa shape index (κ1) is 88.9. The van der Waals surface area contributed by atoms with Gasteiger partial charge < -0.3 is 116 Å². The van der Waals surface area contributed by atoms with E-state index in [9.17, 15) is 78.6 Å². The van der Waals surface area contributed by atoms with Crippen molar-refractivity contribution in [3.05, 3.63) is 12.2 Å². The molecule has 3 saturated heterocycles. The quantitative estimate of drug-likeness (QED) is 0.0257. The molecule has 34 nitrogen and oxygen atoms in total. The number of ether oxygens (including phenoxy) is 1. The molecule has 19 unspecified atom stereocenters. The van der Waals surface area contributed by atoms with Crippen LogP contribution in [0, 0.1) is 23.7 Å². The highest BCUT2D eigenvalue weighted by Gasteiger charge is 2.48. The van der Waals surface area contributed by atoms with Crippen LogP contribution in [0.2, 0.25) is 0 Å². The van der Waals surface area contributed by atoms with E-state index >= 15 is 9.59 Å². The van der Waals surface area contributed by atoms with Crippen molar-refractivity contribution in [2.24, 2.45) is 46.6 Å². The first-order valence-electron chi connectivity index (χ1n) is 36.4. The molecule has 0 aromatic heterocycles. The lowest BCUT2D eigenvalue weighted by Gasteiger charge is -2.35. The van der Waals surface area contributed by atoms with E-state index in [1.807, 2.05) is 20.1 Å². The molecule has 103 heavy (non-hydrogen) atoms. The Bertz CT molecular complexity index is 2810. The molecule has 0 bridgehead atoms. The highest BCUT2D eigenvalue weighted by Crippen LogP contribution is 2.27. The van der Waals surface area contributed by atoms with Gasteiger partial charge in [-0.2, -0.15) is 11.8 Å². The zero-order valence-corrected chi connectivity index (χ0v) is 61.4. The molecule has 3 heterocycles. The number of fused-ring (bicyclic) bond motifs is 2. The molecule has 586 valence electrons. The van der Waals surface area contributed by atoms with Gasteiger partial charge in [-0.25, -0.2) is 0 Å². The summed E-state index contributed by atoms with van der Waals surface area (Å²) in [6.45, 7) is 6.79. The maximum absolute atomic E-state index is 15.2. The van der Waals surface area contributed by atoms with Gasteiger partial charge in [-0.1, -0.05) is 85.6 Å². The molecule has 0 saturated carbocycles. The summed E-state index contributed by atoms with van der Waals surface area (Å²) < 4.78 is 5.88. The fraction of sp³-hybridized carbons (Fsp3) is 0.794. The number of nitrogens with zero attached hydrogens (tertiary/aromatic N) is 2. The van der Waals surface area contributed by atoms with Gasteiger partial charge in [-0.05, 0) is 87.2 Å². The minimum atomic E-state index is -2.32. The number of aliphatic hydroxyl groups excluding tert-OH is 6. The summed E-state index contributed by atoms with van der Waals surface area (Å²) in [5, 5.41) is 92.8. The second kappa shape index (κ2) is 45.8. The largest absolute Gasteiger partial charge is 0.391 e. The third kappa shape index (κ3) is 29.4. The molecule has 4 aliphatic rings. The van der Waals surface area contributed by atoms with Crippen LogP contribution in [0.5, 0.6) is 0 Å². The average Bonchev–Trinajstić information content (AvgIpc) is 1.57. The fourth-order valence-corrected chi connectivity index (χ4v) is 13.5. The lowest BCUT2D eigenvalue weighted by molar-refractivity contribution is -0.148. The molecule has 0 aromatic carbocycles.